The third kappa shape index (κ3) is 20.2. The van der Waals surface area contributed by atoms with Gasteiger partial charge in [-0.2, -0.15) is 0 Å². The molecule has 0 aliphatic rings. The van der Waals surface area contributed by atoms with E-state index in [1.165, 1.54) is 57.8 Å². The monoisotopic (exact) mass is 410 g/mol. The number of aliphatic hydroxyl groups excluding tert-OH is 1. The number of unbranched alkanes of at least 4 members (excludes halogenated alkanes) is 9. The average Bonchev–Trinajstić information content (AvgIpc) is 2.72. The summed E-state index contributed by atoms with van der Waals surface area (Å²) < 4.78 is 5.45. The lowest BCUT2D eigenvalue weighted by Crippen LogP contribution is -2.13. The summed E-state index contributed by atoms with van der Waals surface area (Å²) in [5.74, 6) is 0.519. The van der Waals surface area contributed by atoms with Gasteiger partial charge in [-0.25, -0.2) is 0 Å². The number of carbonyl (C=O) groups excluding carboxylic acids is 1. The van der Waals surface area contributed by atoms with E-state index in [1.807, 2.05) is 0 Å². The maximum Gasteiger partial charge on any atom is 0.305 e. The smallest absolute Gasteiger partial charge is 0.305 e. The topological polar surface area (TPSA) is 46.5 Å². The van der Waals surface area contributed by atoms with Crippen LogP contribution < -0.4 is 0 Å². The number of hydrogen-bond acceptors (Lipinski definition) is 3. The minimum atomic E-state index is -0.165. The van der Waals surface area contributed by atoms with Gasteiger partial charge in [0.2, 0.25) is 0 Å². The van der Waals surface area contributed by atoms with E-state index in [-0.39, 0.29) is 12.1 Å². The Labute approximate surface area is 181 Å². The number of allylic oxidation sites excluding steroid dienone is 1. The SMILES string of the molecule is CCCCCCC(O)C/C=C\CCCCCCCC(=O)OCC(CC)CCCC. The van der Waals surface area contributed by atoms with Gasteiger partial charge < -0.3 is 9.84 Å². The molecule has 0 spiro atoms. The van der Waals surface area contributed by atoms with Gasteiger partial charge in [-0.15, -0.1) is 0 Å². The number of hydrogen-bond donors (Lipinski definition) is 1. The molecule has 0 heterocycles. The summed E-state index contributed by atoms with van der Waals surface area (Å²) in [6.07, 6.45) is 22.9. The highest BCUT2D eigenvalue weighted by molar-refractivity contribution is 5.69. The van der Waals surface area contributed by atoms with Crippen LogP contribution in [-0.2, 0) is 9.53 Å². The summed E-state index contributed by atoms with van der Waals surface area (Å²) in [6.45, 7) is 7.20. The molecule has 1 N–H and O–H groups in total. The van der Waals surface area contributed by atoms with Gasteiger partial charge >= 0.3 is 5.97 Å². The van der Waals surface area contributed by atoms with Crippen LogP contribution in [-0.4, -0.2) is 23.8 Å². The van der Waals surface area contributed by atoms with Gasteiger partial charge in [0.15, 0.2) is 0 Å². The number of aliphatic hydroxyl groups is 1. The molecule has 0 bridgehead atoms. The van der Waals surface area contributed by atoms with E-state index in [4.69, 9.17) is 4.74 Å². The average molecular weight is 411 g/mol. The minimum absolute atomic E-state index is 0.0175. The molecule has 2 unspecified atom stereocenters. The molecule has 2 atom stereocenters. The van der Waals surface area contributed by atoms with E-state index in [2.05, 4.69) is 32.9 Å². The fourth-order valence-electron chi connectivity index (χ4n) is 3.54. The first-order valence-electron chi connectivity index (χ1n) is 12.6. The van der Waals surface area contributed by atoms with Crippen LogP contribution in [0.15, 0.2) is 12.2 Å². The Morgan fingerprint density at radius 2 is 1.52 bits per heavy atom. The minimum Gasteiger partial charge on any atom is -0.465 e. The molecule has 0 fully saturated rings. The lowest BCUT2D eigenvalue weighted by molar-refractivity contribution is -0.145. The van der Waals surface area contributed by atoms with Crippen molar-refractivity contribution in [1.82, 2.24) is 0 Å². The maximum atomic E-state index is 11.8. The Morgan fingerprint density at radius 3 is 2.24 bits per heavy atom. The second-order valence-corrected chi connectivity index (χ2v) is 8.62. The van der Waals surface area contributed by atoms with Crippen LogP contribution in [0.25, 0.3) is 0 Å². The Morgan fingerprint density at radius 1 is 0.828 bits per heavy atom. The van der Waals surface area contributed by atoms with Crippen molar-refractivity contribution in [2.45, 2.75) is 136 Å². The molecule has 0 amide bonds. The lowest BCUT2D eigenvalue weighted by Gasteiger charge is -2.14. The van der Waals surface area contributed by atoms with Gasteiger partial charge in [-0.1, -0.05) is 97.1 Å². The molecule has 3 nitrogen and oxygen atoms in total. The van der Waals surface area contributed by atoms with E-state index in [0.29, 0.717) is 18.9 Å². The molecule has 0 saturated carbocycles. The molecule has 0 aliphatic carbocycles. The predicted molar refractivity (Wildman–Crippen MR) is 125 cm³/mol. The maximum absolute atomic E-state index is 11.8. The third-order valence-corrected chi connectivity index (χ3v) is 5.74. The van der Waals surface area contributed by atoms with Crippen molar-refractivity contribution in [3.05, 3.63) is 12.2 Å². The zero-order chi connectivity index (χ0) is 21.6. The van der Waals surface area contributed by atoms with Crippen LogP contribution in [0, 0.1) is 5.92 Å². The van der Waals surface area contributed by atoms with Crippen molar-refractivity contribution in [3.8, 4) is 0 Å². The summed E-state index contributed by atoms with van der Waals surface area (Å²) >= 11 is 0. The molecule has 172 valence electrons. The molecule has 29 heavy (non-hydrogen) atoms. The number of carbonyl (C=O) groups is 1. The Kier molecular flexibility index (Phi) is 21.2. The molecule has 0 aliphatic heterocycles. The van der Waals surface area contributed by atoms with Crippen molar-refractivity contribution in [1.29, 1.82) is 0 Å². The van der Waals surface area contributed by atoms with Gasteiger partial charge in [0.1, 0.15) is 0 Å². The van der Waals surface area contributed by atoms with E-state index in [9.17, 15) is 9.90 Å². The summed E-state index contributed by atoms with van der Waals surface area (Å²) in [4.78, 5) is 11.8. The third-order valence-electron chi connectivity index (χ3n) is 5.74. The first kappa shape index (κ1) is 28.2. The van der Waals surface area contributed by atoms with Crippen molar-refractivity contribution >= 4 is 5.97 Å². The highest BCUT2D eigenvalue weighted by Crippen LogP contribution is 2.14. The second-order valence-electron chi connectivity index (χ2n) is 8.62. The van der Waals surface area contributed by atoms with Gasteiger partial charge in [0.25, 0.3) is 0 Å². The molecular formula is C26H50O3. The van der Waals surface area contributed by atoms with Gasteiger partial charge in [-0.3, -0.25) is 4.79 Å². The van der Waals surface area contributed by atoms with Crippen LogP contribution in [0.5, 0.6) is 0 Å². The first-order chi connectivity index (χ1) is 14.1. The number of ether oxygens (including phenoxy) is 1. The molecule has 3 heteroatoms. The van der Waals surface area contributed by atoms with Crippen molar-refractivity contribution in [2.75, 3.05) is 6.61 Å². The van der Waals surface area contributed by atoms with Crippen molar-refractivity contribution in [3.63, 3.8) is 0 Å². The first-order valence-corrected chi connectivity index (χ1v) is 12.6. The molecule has 0 radical (unpaired) electrons. The zero-order valence-electron chi connectivity index (χ0n) is 19.8. The van der Waals surface area contributed by atoms with E-state index in [1.54, 1.807) is 0 Å². The van der Waals surface area contributed by atoms with Crippen LogP contribution in [0.3, 0.4) is 0 Å². The molecule has 0 aromatic carbocycles. The lowest BCUT2D eigenvalue weighted by atomic mass is 10.0. The molecule has 0 saturated heterocycles. The van der Waals surface area contributed by atoms with Gasteiger partial charge in [-0.05, 0) is 44.4 Å². The zero-order valence-corrected chi connectivity index (χ0v) is 19.8. The quantitative estimate of drug-likeness (QED) is 0.119. The van der Waals surface area contributed by atoms with E-state index < -0.39 is 0 Å². The fraction of sp³-hybridized carbons (Fsp3) is 0.885. The molecular weight excluding hydrogens is 360 g/mol. The highest BCUT2D eigenvalue weighted by Gasteiger charge is 2.09. The highest BCUT2D eigenvalue weighted by atomic mass is 16.5. The fourth-order valence-corrected chi connectivity index (χ4v) is 3.54. The predicted octanol–water partition coefficient (Wildman–Crippen LogP) is 7.75. The standard InChI is InChI=1S/C26H50O3/c1-4-7-9-16-20-25(27)21-17-14-12-10-11-13-15-18-22-26(28)29-23-24(6-3)19-8-5-2/h14,17,24-25,27H,4-13,15-16,18-23H2,1-3H3/b17-14-. The van der Waals surface area contributed by atoms with Crippen LogP contribution in [0.1, 0.15) is 130 Å². The Bertz CT molecular complexity index is 378. The van der Waals surface area contributed by atoms with E-state index in [0.717, 1.165) is 44.9 Å². The summed E-state index contributed by atoms with van der Waals surface area (Å²) in [6, 6.07) is 0. The normalized spacial score (nSPS) is 13.7. The van der Waals surface area contributed by atoms with Crippen LogP contribution in [0.4, 0.5) is 0 Å². The van der Waals surface area contributed by atoms with Gasteiger partial charge in [0, 0.05) is 6.42 Å². The number of rotatable bonds is 21. The second kappa shape index (κ2) is 21.9. The molecule has 0 aromatic heterocycles. The van der Waals surface area contributed by atoms with Crippen LogP contribution >= 0.6 is 0 Å². The van der Waals surface area contributed by atoms with E-state index >= 15 is 0 Å². The largest absolute Gasteiger partial charge is 0.465 e. The van der Waals surface area contributed by atoms with Crippen molar-refractivity contribution < 1.29 is 14.6 Å². The van der Waals surface area contributed by atoms with Gasteiger partial charge in [0.05, 0.1) is 12.7 Å². The molecule has 0 rings (SSSR count). The molecule has 0 aromatic rings. The summed E-state index contributed by atoms with van der Waals surface area (Å²) in [5.41, 5.74) is 0. The summed E-state index contributed by atoms with van der Waals surface area (Å²) in [5, 5.41) is 9.92. The Hall–Kier alpha value is -0.830. The number of esters is 1. The van der Waals surface area contributed by atoms with Crippen LogP contribution in [0.2, 0.25) is 0 Å². The van der Waals surface area contributed by atoms with Crippen molar-refractivity contribution in [2.24, 2.45) is 5.92 Å². The Balaban J connectivity index is 3.46. The summed E-state index contributed by atoms with van der Waals surface area (Å²) in [7, 11) is 0.